The molecular weight excluding hydrogens is 216 g/mol. The van der Waals surface area contributed by atoms with E-state index in [-0.39, 0.29) is 11.8 Å². The van der Waals surface area contributed by atoms with Gasteiger partial charge in [-0.1, -0.05) is 6.42 Å². The summed E-state index contributed by atoms with van der Waals surface area (Å²) in [6.07, 6.45) is 6.58. The summed E-state index contributed by atoms with van der Waals surface area (Å²) in [6, 6.07) is 0. The van der Waals surface area contributed by atoms with Gasteiger partial charge in [-0.15, -0.1) is 10.2 Å². The maximum atomic E-state index is 12.1. The van der Waals surface area contributed by atoms with Gasteiger partial charge in [0.2, 0.25) is 5.91 Å². The molecule has 1 N–H and O–H groups in total. The number of aryl methyl sites for hydroxylation is 1. The minimum Gasteiger partial charge on any atom is -0.349 e. The van der Waals surface area contributed by atoms with E-state index in [1.54, 1.807) is 6.33 Å². The average molecular weight is 234 g/mol. The fourth-order valence-electron chi connectivity index (χ4n) is 3.33. The monoisotopic (exact) mass is 234 g/mol. The Kier molecular flexibility index (Phi) is 2.61. The highest BCUT2D eigenvalue weighted by molar-refractivity contribution is 5.79. The second-order valence-corrected chi connectivity index (χ2v) is 5.36. The van der Waals surface area contributed by atoms with Crippen molar-refractivity contribution in [3.05, 3.63) is 12.2 Å². The molecule has 1 aromatic rings. The quantitative estimate of drug-likeness (QED) is 0.844. The molecular formula is C12H18N4O. The molecule has 5 heteroatoms. The van der Waals surface area contributed by atoms with Crippen molar-refractivity contribution in [3.8, 4) is 0 Å². The van der Waals surface area contributed by atoms with Gasteiger partial charge >= 0.3 is 0 Å². The van der Waals surface area contributed by atoms with E-state index < -0.39 is 0 Å². The Labute approximate surface area is 101 Å². The van der Waals surface area contributed by atoms with E-state index in [2.05, 4.69) is 15.5 Å². The first-order valence-corrected chi connectivity index (χ1v) is 6.34. The van der Waals surface area contributed by atoms with Gasteiger partial charge in [-0.05, 0) is 31.1 Å². The molecule has 1 amide bonds. The van der Waals surface area contributed by atoms with Crippen LogP contribution in [-0.4, -0.2) is 20.7 Å². The predicted octanol–water partition coefficient (Wildman–Crippen LogP) is 0.867. The van der Waals surface area contributed by atoms with Crippen LogP contribution < -0.4 is 5.32 Å². The number of carbonyl (C=O) groups is 1. The molecule has 3 atom stereocenters. The lowest BCUT2D eigenvalue weighted by molar-refractivity contribution is -0.126. The molecule has 0 radical (unpaired) electrons. The second-order valence-electron chi connectivity index (χ2n) is 5.36. The Hall–Kier alpha value is -1.39. The van der Waals surface area contributed by atoms with Gasteiger partial charge in [-0.2, -0.15) is 0 Å². The molecule has 2 fully saturated rings. The number of hydrogen-bond acceptors (Lipinski definition) is 3. The number of nitrogens with zero attached hydrogens (tertiary/aromatic N) is 3. The molecule has 0 aliphatic heterocycles. The van der Waals surface area contributed by atoms with Crippen molar-refractivity contribution < 1.29 is 4.79 Å². The van der Waals surface area contributed by atoms with Gasteiger partial charge in [0.25, 0.3) is 0 Å². The normalized spacial score (nSPS) is 30.8. The highest BCUT2D eigenvalue weighted by atomic mass is 16.1. The van der Waals surface area contributed by atoms with Crippen LogP contribution in [0.4, 0.5) is 0 Å². The molecule has 3 unspecified atom stereocenters. The molecule has 1 heterocycles. The number of rotatable bonds is 3. The number of aromatic nitrogens is 3. The zero-order chi connectivity index (χ0) is 11.8. The molecule has 0 aromatic carbocycles. The zero-order valence-corrected chi connectivity index (χ0v) is 10.1. The van der Waals surface area contributed by atoms with Crippen molar-refractivity contribution in [3.63, 3.8) is 0 Å². The van der Waals surface area contributed by atoms with Crippen molar-refractivity contribution in [2.75, 3.05) is 0 Å². The summed E-state index contributed by atoms with van der Waals surface area (Å²) in [6.45, 7) is 0.489. The van der Waals surface area contributed by atoms with Crippen LogP contribution in [0.3, 0.4) is 0 Å². The Morgan fingerprint density at radius 3 is 3.00 bits per heavy atom. The number of carbonyl (C=O) groups excluding carboxylic acids is 1. The summed E-state index contributed by atoms with van der Waals surface area (Å²) < 4.78 is 1.83. The molecule has 2 bridgehead atoms. The molecule has 3 rings (SSSR count). The van der Waals surface area contributed by atoms with Crippen LogP contribution in [0.15, 0.2) is 6.33 Å². The lowest BCUT2D eigenvalue weighted by Gasteiger charge is -2.20. The third-order valence-electron chi connectivity index (χ3n) is 4.30. The van der Waals surface area contributed by atoms with Gasteiger partial charge in [0.15, 0.2) is 5.82 Å². The topological polar surface area (TPSA) is 59.8 Å². The summed E-state index contributed by atoms with van der Waals surface area (Å²) >= 11 is 0. The standard InChI is InChI=1S/C12H18N4O/c1-16-7-14-15-11(16)6-13-12(17)10-5-8-2-3-9(10)4-8/h7-10H,2-6H2,1H3,(H,13,17). The molecule has 2 aliphatic carbocycles. The van der Waals surface area contributed by atoms with Crippen LogP contribution in [-0.2, 0) is 18.4 Å². The summed E-state index contributed by atoms with van der Waals surface area (Å²) in [7, 11) is 1.89. The number of fused-ring (bicyclic) bond motifs is 2. The third kappa shape index (κ3) is 1.94. The summed E-state index contributed by atoms with van der Waals surface area (Å²) in [5.74, 6) is 2.72. The van der Waals surface area contributed by atoms with Crippen LogP contribution in [0.1, 0.15) is 31.5 Å². The van der Waals surface area contributed by atoms with E-state index in [4.69, 9.17) is 0 Å². The highest BCUT2D eigenvalue weighted by Gasteiger charge is 2.42. The van der Waals surface area contributed by atoms with Crippen LogP contribution in [0.5, 0.6) is 0 Å². The van der Waals surface area contributed by atoms with Crippen molar-refractivity contribution in [2.24, 2.45) is 24.8 Å². The van der Waals surface area contributed by atoms with Gasteiger partial charge < -0.3 is 9.88 Å². The maximum absolute atomic E-state index is 12.1. The second kappa shape index (κ2) is 4.13. The minimum absolute atomic E-state index is 0.209. The van der Waals surface area contributed by atoms with Gasteiger partial charge in [-0.3, -0.25) is 4.79 Å². The molecule has 17 heavy (non-hydrogen) atoms. The van der Waals surface area contributed by atoms with Gasteiger partial charge in [0.1, 0.15) is 6.33 Å². The number of hydrogen-bond donors (Lipinski definition) is 1. The number of amides is 1. The fraction of sp³-hybridized carbons (Fsp3) is 0.750. The van der Waals surface area contributed by atoms with E-state index in [9.17, 15) is 4.79 Å². The fourth-order valence-corrected chi connectivity index (χ4v) is 3.33. The van der Waals surface area contributed by atoms with Gasteiger partial charge in [0.05, 0.1) is 6.54 Å². The van der Waals surface area contributed by atoms with E-state index >= 15 is 0 Å². The van der Waals surface area contributed by atoms with E-state index in [1.807, 2.05) is 11.6 Å². The third-order valence-corrected chi connectivity index (χ3v) is 4.30. The molecule has 1 aromatic heterocycles. The first-order chi connectivity index (χ1) is 8.24. The van der Waals surface area contributed by atoms with E-state index in [0.29, 0.717) is 12.5 Å². The largest absolute Gasteiger partial charge is 0.349 e. The smallest absolute Gasteiger partial charge is 0.223 e. The SMILES string of the molecule is Cn1cnnc1CNC(=O)C1CC2CCC1C2. The van der Waals surface area contributed by atoms with Gasteiger partial charge in [0, 0.05) is 13.0 Å². The van der Waals surface area contributed by atoms with Crippen molar-refractivity contribution in [1.82, 2.24) is 20.1 Å². The van der Waals surface area contributed by atoms with Crippen molar-refractivity contribution in [1.29, 1.82) is 0 Å². The lowest BCUT2D eigenvalue weighted by atomic mass is 9.88. The van der Waals surface area contributed by atoms with Gasteiger partial charge in [-0.25, -0.2) is 0 Å². The van der Waals surface area contributed by atoms with E-state index in [1.165, 1.54) is 19.3 Å². The molecule has 2 saturated carbocycles. The van der Waals surface area contributed by atoms with Crippen LogP contribution in [0.2, 0.25) is 0 Å². The van der Waals surface area contributed by atoms with Crippen LogP contribution in [0, 0.1) is 17.8 Å². The first-order valence-electron chi connectivity index (χ1n) is 6.34. The summed E-state index contributed by atoms with van der Waals surface area (Å²) in [5, 5.41) is 10.7. The Bertz CT molecular complexity index is 428. The molecule has 92 valence electrons. The predicted molar refractivity (Wildman–Crippen MR) is 61.8 cm³/mol. The Morgan fingerprint density at radius 2 is 2.41 bits per heavy atom. The van der Waals surface area contributed by atoms with Crippen LogP contribution >= 0.6 is 0 Å². The minimum atomic E-state index is 0.209. The van der Waals surface area contributed by atoms with Crippen molar-refractivity contribution >= 4 is 5.91 Å². The summed E-state index contributed by atoms with van der Waals surface area (Å²) in [5.41, 5.74) is 0. The zero-order valence-electron chi connectivity index (χ0n) is 10.1. The Balaban J connectivity index is 1.56. The molecule has 2 aliphatic rings. The summed E-state index contributed by atoms with van der Waals surface area (Å²) in [4.78, 5) is 12.1. The van der Waals surface area contributed by atoms with Crippen molar-refractivity contribution in [2.45, 2.75) is 32.2 Å². The Morgan fingerprint density at radius 1 is 1.53 bits per heavy atom. The first kappa shape index (κ1) is 10.7. The highest BCUT2D eigenvalue weighted by Crippen LogP contribution is 2.48. The molecule has 0 saturated heterocycles. The van der Waals surface area contributed by atoms with Crippen LogP contribution in [0.25, 0.3) is 0 Å². The average Bonchev–Trinajstić information content (AvgIpc) is 3.01. The lowest BCUT2D eigenvalue weighted by Crippen LogP contribution is -2.33. The molecule has 5 nitrogen and oxygen atoms in total. The number of nitrogens with one attached hydrogen (secondary N) is 1. The maximum Gasteiger partial charge on any atom is 0.223 e. The van der Waals surface area contributed by atoms with E-state index in [0.717, 1.165) is 18.2 Å². The molecule has 0 spiro atoms.